The maximum absolute atomic E-state index is 12.7. The van der Waals surface area contributed by atoms with Gasteiger partial charge in [-0.1, -0.05) is 19.8 Å². The lowest BCUT2D eigenvalue weighted by atomic mass is 9.86. The van der Waals surface area contributed by atoms with Gasteiger partial charge in [-0.05, 0) is 37.8 Å². The van der Waals surface area contributed by atoms with Gasteiger partial charge in [0.2, 0.25) is 0 Å². The highest BCUT2D eigenvalue weighted by Gasteiger charge is 2.32. The van der Waals surface area contributed by atoms with Crippen molar-refractivity contribution >= 4 is 17.3 Å². The first kappa shape index (κ1) is 19.6. The van der Waals surface area contributed by atoms with E-state index in [0.29, 0.717) is 12.0 Å². The number of nitro benzene ring substituents is 1. The van der Waals surface area contributed by atoms with E-state index in [4.69, 9.17) is 0 Å². The lowest BCUT2D eigenvalue weighted by Gasteiger charge is -2.37. The van der Waals surface area contributed by atoms with Crippen molar-refractivity contribution in [3.8, 4) is 0 Å². The molecule has 1 aliphatic carbocycles. The normalized spacial score (nSPS) is 25.0. The van der Waals surface area contributed by atoms with Gasteiger partial charge < -0.3 is 15.1 Å². The third kappa shape index (κ3) is 4.77. The third-order valence-electron chi connectivity index (χ3n) is 6.28. The second-order valence-electron chi connectivity index (χ2n) is 8.02. The van der Waals surface area contributed by atoms with E-state index in [1.807, 2.05) is 19.1 Å². The molecule has 1 aliphatic heterocycles. The number of rotatable bonds is 5. The van der Waals surface area contributed by atoms with Crippen molar-refractivity contribution in [2.75, 3.05) is 31.1 Å². The number of carbonyl (C=O) groups excluding carboxylic acids is 1. The number of carbonyl (C=O) groups is 1. The first-order chi connectivity index (χ1) is 13.0. The molecule has 27 heavy (non-hydrogen) atoms. The van der Waals surface area contributed by atoms with E-state index in [0.717, 1.165) is 38.3 Å². The van der Waals surface area contributed by atoms with Crippen LogP contribution < -0.4 is 15.1 Å². The largest absolute Gasteiger partial charge is 0.360 e. The van der Waals surface area contributed by atoms with Crippen LogP contribution in [0.4, 0.5) is 11.4 Å². The van der Waals surface area contributed by atoms with E-state index in [1.165, 1.54) is 24.2 Å². The van der Waals surface area contributed by atoms with Crippen LogP contribution in [0.1, 0.15) is 39.5 Å². The van der Waals surface area contributed by atoms with Crippen LogP contribution in [0.5, 0.6) is 0 Å². The molecule has 148 valence electrons. The number of anilines is 1. The Morgan fingerprint density at radius 3 is 2.44 bits per heavy atom. The SMILES string of the molecule is C[C@H](C(=O)N[C@H]1CCCC[C@@H]1C)[NH+]1CCN(c2ccc([N+](=O)[O-])cc2)CC1. The minimum Gasteiger partial charge on any atom is -0.360 e. The molecule has 2 fully saturated rings. The molecule has 3 rings (SSSR count). The van der Waals surface area contributed by atoms with Gasteiger partial charge in [0.25, 0.3) is 11.6 Å². The number of hydrogen-bond donors (Lipinski definition) is 2. The van der Waals surface area contributed by atoms with Crippen molar-refractivity contribution in [2.45, 2.75) is 51.6 Å². The van der Waals surface area contributed by atoms with Gasteiger partial charge in [0.05, 0.1) is 31.1 Å². The molecular weight excluding hydrogens is 344 g/mol. The fraction of sp³-hybridized carbons (Fsp3) is 0.650. The van der Waals surface area contributed by atoms with Gasteiger partial charge in [-0.25, -0.2) is 0 Å². The molecular formula is C20H31N4O3+. The van der Waals surface area contributed by atoms with Crippen LogP contribution in [0.15, 0.2) is 24.3 Å². The fourth-order valence-corrected chi connectivity index (χ4v) is 4.29. The molecule has 3 atom stereocenters. The van der Waals surface area contributed by atoms with Crippen LogP contribution in [-0.2, 0) is 4.79 Å². The molecule has 1 saturated heterocycles. The summed E-state index contributed by atoms with van der Waals surface area (Å²) in [5, 5.41) is 14.1. The Labute approximate surface area is 160 Å². The zero-order valence-corrected chi connectivity index (χ0v) is 16.3. The second-order valence-corrected chi connectivity index (χ2v) is 8.02. The standard InChI is InChI=1S/C20H30N4O3/c1-15-5-3-4-6-19(15)21-20(25)16(2)22-11-13-23(14-12-22)17-7-9-18(10-8-17)24(26)27/h7-10,15-16,19H,3-6,11-14H2,1-2H3,(H,21,25)/p+1/t15-,16+,19-/m0/s1. The summed E-state index contributed by atoms with van der Waals surface area (Å²) in [6.07, 6.45) is 4.80. The van der Waals surface area contributed by atoms with Crippen molar-refractivity contribution in [1.29, 1.82) is 0 Å². The molecule has 0 spiro atoms. The average molecular weight is 375 g/mol. The molecule has 1 saturated carbocycles. The highest BCUT2D eigenvalue weighted by atomic mass is 16.6. The summed E-state index contributed by atoms with van der Waals surface area (Å²) < 4.78 is 0. The summed E-state index contributed by atoms with van der Waals surface area (Å²) in [4.78, 5) is 26.7. The van der Waals surface area contributed by atoms with Crippen molar-refractivity contribution in [3.05, 3.63) is 34.4 Å². The maximum atomic E-state index is 12.7. The second kappa shape index (κ2) is 8.69. The van der Waals surface area contributed by atoms with E-state index in [1.54, 1.807) is 12.1 Å². The van der Waals surface area contributed by atoms with Gasteiger partial charge in [0.1, 0.15) is 0 Å². The first-order valence-electron chi connectivity index (χ1n) is 10.1. The molecule has 1 aromatic carbocycles. The van der Waals surface area contributed by atoms with Crippen LogP contribution in [0.25, 0.3) is 0 Å². The monoisotopic (exact) mass is 375 g/mol. The topological polar surface area (TPSA) is 79.9 Å². The fourth-order valence-electron chi connectivity index (χ4n) is 4.29. The summed E-state index contributed by atoms with van der Waals surface area (Å²) in [5.41, 5.74) is 1.12. The van der Waals surface area contributed by atoms with Crippen LogP contribution in [0.2, 0.25) is 0 Å². The third-order valence-corrected chi connectivity index (χ3v) is 6.28. The smallest absolute Gasteiger partial charge is 0.278 e. The van der Waals surface area contributed by atoms with Gasteiger partial charge in [-0.15, -0.1) is 0 Å². The number of non-ortho nitro benzene ring substituents is 1. The van der Waals surface area contributed by atoms with Crippen LogP contribution in [-0.4, -0.2) is 49.1 Å². The Morgan fingerprint density at radius 1 is 1.22 bits per heavy atom. The number of amides is 1. The van der Waals surface area contributed by atoms with Crippen molar-refractivity contribution in [2.24, 2.45) is 5.92 Å². The number of nitrogens with one attached hydrogen (secondary N) is 2. The summed E-state index contributed by atoms with van der Waals surface area (Å²) in [7, 11) is 0. The Bertz CT molecular complexity index is 656. The van der Waals surface area contributed by atoms with Crippen molar-refractivity contribution < 1.29 is 14.6 Å². The van der Waals surface area contributed by atoms with Crippen LogP contribution >= 0.6 is 0 Å². The number of piperazine rings is 1. The molecule has 1 heterocycles. The van der Waals surface area contributed by atoms with E-state index < -0.39 is 0 Å². The number of nitrogens with zero attached hydrogens (tertiary/aromatic N) is 2. The molecule has 2 N–H and O–H groups in total. The summed E-state index contributed by atoms with van der Waals surface area (Å²) >= 11 is 0. The Balaban J connectivity index is 1.50. The van der Waals surface area contributed by atoms with Crippen molar-refractivity contribution in [3.63, 3.8) is 0 Å². The molecule has 7 heteroatoms. The molecule has 0 radical (unpaired) electrons. The molecule has 1 amide bonds. The highest BCUT2D eigenvalue weighted by Crippen LogP contribution is 2.23. The molecule has 7 nitrogen and oxygen atoms in total. The zero-order chi connectivity index (χ0) is 19.4. The highest BCUT2D eigenvalue weighted by molar-refractivity contribution is 5.80. The number of benzene rings is 1. The molecule has 2 aliphatic rings. The van der Waals surface area contributed by atoms with Gasteiger partial charge in [-0.2, -0.15) is 0 Å². The average Bonchev–Trinajstić information content (AvgIpc) is 2.69. The van der Waals surface area contributed by atoms with E-state index >= 15 is 0 Å². The molecule has 0 aromatic heterocycles. The molecule has 0 bridgehead atoms. The Kier molecular flexibility index (Phi) is 6.31. The maximum Gasteiger partial charge on any atom is 0.278 e. The minimum absolute atomic E-state index is 0.0434. The quantitative estimate of drug-likeness (QED) is 0.602. The summed E-state index contributed by atoms with van der Waals surface area (Å²) in [6.45, 7) is 7.76. The summed E-state index contributed by atoms with van der Waals surface area (Å²) in [6, 6.07) is 7.01. The predicted molar refractivity (Wildman–Crippen MR) is 105 cm³/mol. The molecule has 0 unspecified atom stereocenters. The molecule has 1 aromatic rings. The van der Waals surface area contributed by atoms with Gasteiger partial charge >= 0.3 is 0 Å². The Hall–Kier alpha value is -2.15. The van der Waals surface area contributed by atoms with E-state index in [2.05, 4.69) is 17.1 Å². The first-order valence-corrected chi connectivity index (χ1v) is 10.1. The van der Waals surface area contributed by atoms with Crippen LogP contribution in [0.3, 0.4) is 0 Å². The summed E-state index contributed by atoms with van der Waals surface area (Å²) in [5.74, 6) is 0.747. The zero-order valence-electron chi connectivity index (χ0n) is 16.3. The minimum atomic E-state index is -0.376. The lowest BCUT2D eigenvalue weighted by molar-refractivity contribution is -0.914. The van der Waals surface area contributed by atoms with Gasteiger partial charge in [-0.3, -0.25) is 14.9 Å². The lowest BCUT2D eigenvalue weighted by Crippen LogP contribution is -3.19. The Morgan fingerprint density at radius 2 is 1.85 bits per heavy atom. The van der Waals surface area contributed by atoms with E-state index in [9.17, 15) is 14.9 Å². The van der Waals surface area contributed by atoms with E-state index in [-0.39, 0.29) is 22.6 Å². The van der Waals surface area contributed by atoms with Gasteiger partial charge in [0.15, 0.2) is 6.04 Å². The van der Waals surface area contributed by atoms with Gasteiger partial charge in [0, 0.05) is 23.9 Å². The number of hydrogen-bond acceptors (Lipinski definition) is 4. The predicted octanol–water partition coefficient (Wildman–Crippen LogP) is 1.38. The number of quaternary nitrogens is 1. The van der Waals surface area contributed by atoms with Crippen LogP contribution in [0, 0.1) is 16.0 Å². The van der Waals surface area contributed by atoms with Crippen molar-refractivity contribution in [1.82, 2.24) is 5.32 Å². The number of nitro groups is 1.